The van der Waals surface area contributed by atoms with Gasteiger partial charge in [0.1, 0.15) is 0 Å². The van der Waals surface area contributed by atoms with E-state index in [9.17, 15) is 0 Å². The van der Waals surface area contributed by atoms with Gasteiger partial charge in [-0.3, -0.25) is 4.99 Å². The van der Waals surface area contributed by atoms with Crippen LogP contribution in [-0.4, -0.2) is 75.2 Å². The van der Waals surface area contributed by atoms with Gasteiger partial charge in [-0.25, -0.2) is 0 Å². The number of aliphatic imine (C=N–C) groups is 1. The monoisotopic (exact) mass is 375 g/mol. The summed E-state index contributed by atoms with van der Waals surface area (Å²) in [4.78, 5) is 9.16. The molecular weight excluding hydrogens is 334 g/mol. The van der Waals surface area contributed by atoms with Crippen molar-refractivity contribution in [3.63, 3.8) is 0 Å². The largest absolute Gasteiger partial charge is 0.355 e. The summed E-state index contributed by atoms with van der Waals surface area (Å²) in [6.07, 6.45) is 3.39. The zero-order chi connectivity index (χ0) is 20.1. The third-order valence-corrected chi connectivity index (χ3v) is 5.16. The molecule has 0 spiro atoms. The van der Waals surface area contributed by atoms with Crippen molar-refractivity contribution in [2.24, 2.45) is 4.99 Å². The molecule has 0 saturated carbocycles. The van der Waals surface area contributed by atoms with E-state index in [2.05, 4.69) is 90.6 Å². The SMILES string of the molecule is CCN(CC)CCCC(C)NC(=NC)NCC(Cc1ccccc1)N(C)C. The summed E-state index contributed by atoms with van der Waals surface area (Å²) in [5.74, 6) is 0.894. The third kappa shape index (κ3) is 9.78. The van der Waals surface area contributed by atoms with Gasteiger partial charge < -0.3 is 20.4 Å². The van der Waals surface area contributed by atoms with Gasteiger partial charge in [-0.15, -0.1) is 0 Å². The summed E-state index contributed by atoms with van der Waals surface area (Å²) < 4.78 is 0. The molecule has 0 aliphatic rings. The van der Waals surface area contributed by atoms with Crippen molar-refractivity contribution in [1.82, 2.24) is 20.4 Å². The van der Waals surface area contributed by atoms with Crippen LogP contribution in [0.15, 0.2) is 35.3 Å². The number of hydrogen-bond donors (Lipinski definition) is 2. The molecule has 154 valence electrons. The van der Waals surface area contributed by atoms with E-state index in [4.69, 9.17) is 0 Å². The second kappa shape index (κ2) is 13.6. The molecule has 5 nitrogen and oxygen atoms in total. The normalized spacial score (nSPS) is 14.4. The van der Waals surface area contributed by atoms with E-state index in [1.165, 1.54) is 18.5 Å². The highest BCUT2D eigenvalue weighted by Gasteiger charge is 2.14. The van der Waals surface area contributed by atoms with E-state index in [0.717, 1.165) is 38.4 Å². The molecule has 1 rings (SSSR count). The predicted octanol–water partition coefficient (Wildman–Crippen LogP) is 2.83. The maximum absolute atomic E-state index is 4.41. The molecule has 0 aliphatic heterocycles. The Morgan fingerprint density at radius 2 is 1.78 bits per heavy atom. The van der Waals surface area contributed by atoms with Crippen molar-refractivity contribution in [2.75, 3.05) is 47.3 Å². The van der Waals surface area contributed by atoms with Crippen LogP contribution in [0.3, 0.4) is 0 Å². The lowest BCUT2D eigenvalue weighted by Crippen LogP contribution is -2.48. The van der Waals surface area contributed by atoms with Crippen LogP contribution in [0.5, 0.6) is 0 Å². The molecule has 2 N–H and O–H groups in total. The highest BCUT2D eigenvalue weighted by molar-refractivity contribution is 5.79. The highest BCUT2D eigenvalue weighted by Crippen LogP contribution is 2.06. The lowest BCUT2D eigenvalue weighted by molar-refractivity contribution is 0.288. The molecule has 2 unspecified atom stereocenters. The van der Waals surface area contributed by atoms with Gasteiger partial charge in [-0.1, -0.05) is 44.2 Å². The van der Waals surface area contributed by atoms with E-state index in [-0.39, 0.29) is 0 Å². The van der Waals surface area contributed by atoms with E-state index in [0.29, 0.717) is 12.1 Å². The van der Waals surface area contributed by atoms with Gasteiger partial charge in [0.25, 0.3) is 0 Å². The van der Waals surface area contributed by atoms with Crippen LogP contribution in [0.2, 0.25) is 0 Å². The molecule has 2 atom stereocenters. The van der Waals surface area contributed by atoms with E-state index >= 15 is 0 Å². The number of guanidine groups is 1. The molecule has 0 fully saturated rings. The summed E-state index contributed by atoms with van der Waals surface area (Å²) in [7, 11) is 6.13. The molecule has 27 heavy (non-hydrogen) atoms. The Morgan fingerprint density at radius 1 is 1.11 bits per heavy atom. The molecule has 5 heteroatoms. The Bertz CT molecular complexity index is 511. The van der Waals surface area contributed by atoms with E-state index in [1.807, 2.05) is 7.05 Å². The first-order chi connectivity index (χ1) is 13.0. The Labute approximate surface area is 167 Å². The van der Waals surface area contributed by atoms with Crippen LogP contribution in [0.4, 0.5) is 0 Å². The minimum atomic E-state index is 0.415. The Kier molecular flexibility index (Phi) is 11.8. The van der Waals surface area contributed by atoms with Crippen molar-refractivity contribution in [3.05, 3.63) is 35.9 Å². The number of nitrogens with zero attached hydrogens (tertiary/aromatic N) is 3. The van der Waals surface area contributed by atoms with Crippen LogP contribution < -0.4 is 10.6 Å². The lowest BCUT2D eigenvalue weighted by Gasteiger charge is -2.27. The van der Waals surface area contributed by atoms with Gasteiger partial charge >= 0.3 is 0 Å². The molecule has 0 aliphatic carbocycles. The molecule has 1 aromatic carbocycles. The number of hydrogen-bond acceptors (Lipinski definition) is 3. The number of rotatable bonds is 12. The molecule has 0 heterocycles. The molecule has 0 radical (unpaired) electrons. The first-order valence-corrected chi connectivity index (χ1v) is 10.4. The first kappa shape index (κ1) is 23.4. The Morgan fingerprint density at radius 3 is 2.33 bits per heavy atom. The first-order valence-electron chi connectivity index (χ1n) is 10.4. The van der Waals surface area contributed by atoms with E-state index in [1.54, 1.807) is 0 Å². The summed E-state index contributed by atoms with van der Waals surface area (Å²) in [5.41, 5.74) is 1.37. The summed E-state index contributed by atoms with van der Waals surface area (Å²) in [6.45, 7) is 11.0. The standard InChI is InChI=1S/C22H41N5/c1-7-27(8-2)16-12-13-19(3)25-22(23-4)24-18-21(26(5)6)17-20-14-10-9-11-15-20/h9-11,14-15,19,21H,7-8,12-13,16-18H2,1-6H3,(H2,23,24,25). The molecule has 1 aromatic rings. The van der Waals surface area contributed by atoms with Crippen molar-refractivity contribution >= 4 is 5.96 Å². The molecule has 0 saturated heterocycles. The lowest BCUT2D eigenvalue weighted by atomic mass is 10.1. The summed E-state index contributed by atoms with van der Waals surface area (Å²) >= 11 is 0. The zero-order valence-corrected chi connectivity index (χ0v) is 18.3. The maximum Gasteiger partial charge on any atom is 0.191 e. The van der Waals surface area contributed by atoms with Gasteiger partial charge in [0.15, 0.2) is 5.96 Å². The van der Waals surface area contributed by atoms with Crippen LogP contribution >= 0.6 is 0 Å². The van der Waals surface area contributed by atoms with Crippen molar-refractivity contribution in [2.45, 2.75) is 52.1 Å². The van der Waals surface area contributed by atoms with Gasteiger partial charge in [0.05, 0.1) is 0 Å². The van der Waals surface area contributed by atoms with Crippen molar-refractivity contribution in [3.8, 4) is 0 Å². The molecule has 0 aromatic heterocycles. The Hall–Kier alpha value is -1.59. The topological polar surface area (TPSA) is 42.9 Å². The average Bonchev–Trinajstić information content (AvgIpc) is 2.67. The minimum Gasteiger partial charge on any atom is -0.355 e. The quantitative estimate of drug-likeness (QED) is 0.435. The Balaban J connectivity index is 2.42. The van der Waals surface area contributed by atoms with Gasteiger partial charge in [-0.2, -0.15) is 0 Å². The summed E-state index contributed by atoms with van der Waals surface area (Å²) in [5, 5.41) is 7.05. The third-order valence-electron chi connectivity index (χ3n) is 5.16. The van der Waals surface area contributed by atoms with Crippen LogP contribution in [0.25, 0.3) is 0 Å². The smallest absolute Gasteiger partial charge is 0.191 e. The van der Waals surface area contributed by atoms with Crippen molar-refractivity contribution < 1.29 is 0 Å². The minimum absolute atomic E-state index is 0.415. The summed E-state index contributed by atoms with van der Waals surface area (Å²) in [6, 6.07) is 11.5. The van der Waals surface area contributed by atoms with Gasteiger partial charge in [0, 0.05) is 25.7 Å². The van der Waals surface area contributed by atoms with Gasteiger partial charge in [0.2, 0.25) is 0 Å². The fourth-order valence-corrected chi connectivity index (χ4v) is 3.20. The predicted molar refractivity (Wildman–Crippen MR) is 119 cm³/mol. The average molecular weight is 376 g/mol. The molecule has 0 bridgehead atoms. The highest BCUT2D eigenvalue weighted by atomic mass is 15.2. The fourth-order valence-electron chi connectivity index (χ4n) is 3.20. The fraction of sp³-hybridized carbons (Fsp3) is 0.682. The van der Waals surface area contributed by atoms with E-state index < -0.39 is 0 Å². The maximum atomic E-state index is 4.41. The zero-order valence-electron chi connectivity index (χ0n) is 18.3. The second-order valence-electron chi connectivity index (χ2n) is 7.47. The number of benzene rings is 1. The van der Waals surface area contributed by atoms with Crippen molar-refractivity contribution in [1.29, 1.82) is 0 Å². The van der Waals surface area contributed by atoms with Crippen LogP contribution in [-0.2, 0) is 6.42 Å². The number of nitrogens with one attached hydrogen (secondary N) is 2. The molecule has 0 amide bonds. The van der Waals surface area contributed by atoms with Crippen LogP contribution in [0.1, 0.15) is 39.2 Å². The molecular formula is C22H41N5. The van der Waals surface area contributed by atoms with Gasteiger partial charge in [-0.05, 0) is 65.5 Å². The second-order valence-corrected chi connectivity index (χ2v) is 7.47. The number of likely N-dealkylation sites (N-methyl/N-ethyl adjacent to an activating group) is 1. The van der Waals surface area contributed by atoms with Crippen LogP contribution in [0, 0.1) is 0 Å².